The number of rotatable bonds is 9. The Morgan fingerprint density at radius 3 is 1.89 bits per heavy atom. The zero-order chi connectivity index (χ0) is 27.6. The molecule has 1 N–H and O–H groups in total. The summed E-state index contributed by atoms with van der Waals surface area (Å²) < 4.78 is 28.3. The molecule has 0 bridgehead atoms. The Kier molecular flexibility index (Phi) is 8.43. The highest BCUT2D eigenvalue weighted by molar-refractivity contribution is 7.90. The maximum Gasteiger partial charge on any atom is 0.264 e. The fourth-order valence-corrected chi connectivity index (χ4v) is 6.54. The Balaban J connectivity index is 1.58. The molecule has 0 saturated carbocycles. The molecule has 38 heavy (non-hydrogen) atoms. The molecule has 6 heteroatoms. The molecule has 4 rings (SSSR count). The summed E-state index contributed by atoms with van der Waals surface area (Å²) in [6.07, 6.45) is 2.08. The number of carbonyl (C=O) groups excluding carboxylic acids is 1. The van der Waals surface area contributed by atoms with Crippen molar-refractivity contribution in [2.75, 3.05) is 14.1 Å². The second-order valence-corrected chi connectivity index (χ2v) is 13.1. The van der Waals surface area contributed by atoms with E-state index in [2.05, 4.69) is 68.8 Å². The second kappa shape index (κ2) is 11.4. The molecule has 0 heterocycles. The van der Waals surface area contributed by atoms with Crippen molar-refractivity contribution in [2.45, 2.75) is 76.2 Å². The number of sulfonamides is 1. The van der Waals surface area contributed by atoms with Gasteiger partial charge in [-0.2, -0.15) is 0 Å². The summed E-state index contributed by atoms with van der Waals surface area (Å²) >= 11 is 0. The molecule has 0 atom stereocenters. The van der Waals surface area contributed by atoms with Crippen LogP contribution in [0.4, 0.5) is 0 Å². The van der Waals surface area contributed by atoms with Crippen LogP contribution in [0.5, 0.6) is 0 Å². The highest BCUT2D eigenvalue weighted by atomic mass is 32.2. The number of benzene rings is 3. The first-order valence-corrected chi connectivity index (χ1v) is 15.0. The molecule has 0 saturated heterocycles. The zero-order valence-corrected chi connectivity index (χ0v) is 24.2. The number of amides is 1. The fourth-order valence-electron chi connectivity index (χ4n) is 5.55. The molecule has 5 nitrogen and oxygen atoms in total. The molecule has 3 aromatic carbocycles. The Morgan fingerprint density at radius 2 is 1.42 bits per heavy atom. The molecule has 0 aromatic heterocycles. The lowest BCUT2D eigenvalue weighted by molar-refractivity contribution is -0.118. The minimum absolute atomic E-state index is 0.0319. The Bertz CT molecular complexity index is 1350. The van der Waals surface area contributed by atoms with Crippen LogP contribution in [-0.2, 0) is 40.6 Å². The second-order valence-electron chi connectivity index (χ2n) is 11.4. The van der Waals surface area contributed by atoms with Crippen LogP contribution in [0.3, 0.4) is 0 Å². The molecule has 1 amide bonds. The Hall–Kier alpha value is -2.96. The lowest BCUT2D eigenvalue weighted by Gasteiger charge is -2.23. The minimum Gasteiger partial charge on any atom is -0.305 e. The Labute approximate surface area is 228 Å². The highest BCUT2D eigenvalue weighted by Gasteiger charge is 2.27. The summed E-state index contributed by atoms with van der Waals surface area (Å²) in [5.74, 6) is 0.327. The molecule has 1 aliphatic rings. The maximum absolute atomic E-state index is 13.2. The van der Waals surface area contributed by atoms with Crippen LogP contribution < -0.4 is 4.72 Å². The van der Waals surface area contributed by atoms with Gasteiger partial charge in [-0.25, -0.2) is 13.1 Å². The smallest absolute Gasteiger partial charge is 0.264 e. The fraction of sp³-hybridized carbons (Fsp3) is 0.406. The first kappa shape index (κ1) is 28.1. The third kappa shape index (κ3) is 6.36. The van der Waals surface area contributed by atoms with E-state index < -0.39 is 15.9 Å². The number of hydrogen-bond donors (Lipinski definition) is 1. The van der Waals surface area contributed by atoms with Crippen LogP contribution in [-0.4, -0.2) is 33.3 Å². The van der Waals surface area contributed by atoms with Gasteiger partial charge in [-0.15, -0.1) is 0 Å². The van der Waals surface area contributed by atoms with Crippen molar-refractivity contribution in [2.24, 2.45) is 0 Å². The van der Waals surface area contributed by atoms with E-state index in [-0.39, 0.29) is 23.2 Å². The molecule has 0 fully saturated rings. The molecular weight excluding hydrogens is 492 g/mol. The summed E-state index contributed by atoms with van der Waals surface area (Å²) in [5, 5.41) is 0. The van der Waals surface area contributed by atoms with Crippen LogP contribution in [0, 0.1) is 0 Å². The van der Waals surface area contributed by atoms with Gasteiger partial charge in [0.1, 0.15) is 0 Å². The van der Waals surface area contributed by atoms with Gasteiger partial charge in [0.05, 0.1) is 11.3 Å². The van der Waals surface area contributed by atoms with Gasteiger partial charge in [0.2, 0.25) is 5.91 Å². The quantitative estimate of drug-likeness (QED) is 0.371. The van der Waals surface area contributed by atoms with Gasteiger partial charge in [-0.3, -0.25) is 4.79 Å². The maximum atomic E-state index is 13.2. The van der Waals surface area contributed by atoms with E-state index in [4.69, 9.17) is 0 Å². The van der Waals surface area contributed by atoms with E-state index in [0.29, 0.717) is 12.5 Å². The summed E-state index contributed by atoms with van der Waals surface area (Å²) in [5.41, 5.74) is 8.35. The number of nitrogens with zero attached hydrogens (tertiary/aromatic N) is 1. The van der Waals surface area contributed by atoms with E-state index in [1.54, 1.807) is 24.3 Å². The summed E-state index contributed by atoms with van der Waals surface area (Å²) in [6, 6.07) is 19.8. The number of fused-ring (bicyclic) bond motifs is 1. The van der Waals surface area contributed by atoms with E-state index in [9.17, 15) is 13.2 Å². The third-order valence-electron chi connectivity index (χ3n) is 7.43. The lowest BCUT2D eigenvalue weighted by Crippen LogP contribution is -2.32. The predicted molar refractivity (Wildman–Crippen MR) is 154 cm³/mol. The van der Waals surface area contributed by atoms with Gasteiger partial charge in [0, 0.05) is 6.54 Å². The zero-order valence-electron chi connectivity index (χ0n) is 23.4. The normalized spacial score (nSPS) is 13.9. The van der Waals surface area contributed by atoms with Crippen molar-refractivity contribution in [3.8, 4) is 0 Å². The summed E-state index contributed by atoms with van der Waals surface area (Å²) in [4.78, 5) is 15.3. The first-order valence-electron chi connectivity index (χ1n) is 13.5. The number of hydrogen-bond acceptors (Lipinski definition) is 4. The molecule has 0 aliphatic heterocycles. The van der Waals surface area contributed by atoms with Gasteiger partial charge in [0.15, 0.2) is 0 Å². The van der Waals surface area contributed by atoms with Crippen molar-refractivity contribution in [1.82, 2.24) is 9.62 Å². The monoisotopic (exact) mass is 532 g/mol. The van der Waals surface area contributed by atoms with Gasteiger partial charge in [0.25, 0.3) is 10.0 Å². The van der Waals surface area contributed by atoms with E-state index in [1.165, 1.54) is 16.7 Å². The highest BCUT2D eigenvalue weighted by Crippen LogP contribution is 2.38. The predicted octanol–water partition coefficient (Wildman–Crippen LogP) is 5.93. The van der Waals surface area contributed by atoms with Crippen LogP contribution in [0.2, 0.25) is 0 Å². The van der Waals surface area contributed by atoms with Crippen molar-refractivity contribution >= 4 is 15.9 Å². The van der Waals surface area contributed by atoms with Crippen LogP contribution in [0.1, 0.15) is 84.4 Å². The largest absolute Gasteiger partial charge is 0.305 e. The van der Waals surface area contributed by atoms with Gasteiger partial charge >= 0.3 is 0 Å². The average Bonchev–Trinajstić information content (AvgIpc) is 3.27. The summed E-state index contributed by atoms with van der Waals surface area (Å²) in [7, 11) is -0.0375. The topological polar surface area (TPSA) is 66.5 Å². The molecule has 0 unspecified atom stereocenters. The Morgan fingerprint density at radius 1 is 0.895 bits per heavy atom. The third-order valence-corrected chi connectivity index (χ3v) is 8.81. The SMILES string of the molecule is CC(C)c1cc(C2Cc3ccccc3C2)cc(C(C)C)c1CC(=O)NS(=O)(=O)c1ccc(CN(C)C)cc1. The standard InChI is InChI=1S/C32H40N2O3S/c1-21(2)29-17-27(26-15-24-9-7-8-10-25(24)16-26)18-30(22(3)4)31(29)19-32(35)33-38(36,37)28-13-11-23(12-14-28)20-34(5)6/h7-14,17-18,21-22,26H,15-16,19-20H2,1-6H3,(H,33,35). The minimum atomic E-state index is -3.96. The number of nitrogens with one attached hydrogen (secondary N) is 1. The summed E-state index contributed by atoms with van der Waals surface area (Å²) in [6.45, 7) is 9.27. The van der Waals surface area contributed by atoms with Crippen LogP contribution in [0.25, 0.3) is 0 Å². The molecule has 1 aliphatic carbocycles. The van der Waals surface area contributed by atoms with E-state index >= 15 is 0 Å². The average molecular weight is 533 g/mol. The van der Waals surface area contributed by atoms with Gasteiger partial charge in [-0.05, 0) is 95.8 Å². The molecule has 202 valence electrons. The first-order chi connectivity index (χ1) is 17.9. The number of carbonyl (C=O) groups is 1. The van der Waals surface area contributed by atoms with Gasteiger partial charge < -0.3 is 4.90 Å². The van der Waals surface area contributed by atoms with Crippen molar-refractivity contribution < 1.29 is 13.2 Å². The molecular formula is C32H40N2O3S. The van der Waals surface area contributed by atoms with Crippen molar-refractivity contribution in [3.63, 3.8) is 0 Å². The van der Waals surface area contributed by atoms with E-state index in [1.807, 2.05) is 19.0 Å². The molecule has 0 spiro atoms. The molecule has 3 aromatic rings. The van der Waals surface area contributed by atoms with E-state index in [0.717, 1.165) is 35.1 Å². The lowest BCUT2D eigenvalue weighted by atomic mass is 9.82. The molecule has 0 radical (unpaired) electrons. The van der Waals surface area contributed by atoms with Gasteiger partial charge in [-0.1, -0.05) is 76.2 Å². The van der Waals surface area contributed by atoms with Crippen molar-refractivity contribution in [3.05, 3.63) is 99.6 Å². The van der Waals surface area contributed by atoms with Crippen molar-refractivity contribution in [1.29, 1.82) is 0 Å². The van der Waals surface area contributed by atoms with Crippen LogP contribution in [0.15, 0.2) is 65.6 Å². The van der Waals surface area contributed by atoms with Crippen LogP contribution >= 0.6 is 0 Å².